The van der Waals surface area contributed by atoms with E-state index in [0.717, 1.165) is 6.42 Å². The SMILES string of the molecule is Cc1cc(C)c(-c2c3c(cc(-c4ccccc4)c2-c2ccccc2)-c2ccccc2C3)c(C)c1. The van der Waals surface area contributed by atoms with Crippen LogP contribution in [-0.2, 0) is 6.42 Å². The highest BCUT2D eigenvalue weighted by Gasteiger charge is 2.28. The fourth-order valence-corrected chi connectivity index (χ4v) is 5.88. The van der Waals surface area contributed by atoms with Crippen LogP contribution in [0, 0.1) is 20.8 Å². The molecule has 0 fully saturated rings. The Bertz CT molecular complexity index is 1500. The van der Waals surface area contributed by atoms with Crippen LogP contribution in [-0.4, -0.2) is 0 Å². The summed E-state index contributed by atoms with van der Waals surface area (Å²) in [5.74, 6) is 0. The number of fused-ring (bicyclic) bond motifs is 3. The highest BCUT2D eigenvalue weighted by atomic mass is 14.3. The minimum absolute atomic E-state index is 0.975. The molecule has 1 aliphatic carbocycles. The second-order valence-electron chi connectivity index (χ2n) is 9.54. The van der Waals surface area contributed by atoms with E-state index in [1.807, 2.05) is 0 Å². The normalized spacial score (nSPS) is 11.9. The molecule has 0 heteroatoms. The van der Waals surface area contributed by atoms with Crippen LogP contribution in [0.5, 0.6) is 0 Å². The molecule has 0 amide bonds. The Balaban J connectivity index is 1.81. The molecule has 0 atom stereocenters. The molecular formula is C34H28. The highest BCUT2D eigenvalue weighted by molar-refractivity contribution is 6.02. The van der Waals surface area contributed by atoms with Crippen molar-refractivity contribution in [3.8, 4) is 44.5 Å². The number of hydrogen-bond donors (Lipinski definition) is 0. The molecule has 0 saturated heterocycles. The molecule has 0 saturated carbocycles. The van der Waals surface area contributed by atoms with E-state index >= 15 is 0 Å². The van der Waals surface area contributed by atoms with Gasteiger partial charge >= 0.3 is 0 Å². The molecule has 0 bridgehead atoms. The van der Waals surface area contributed by atoms with Crippen LogP contribution in [0.4, 0.5) is 0 Å². The van der Waals surface area contributed by atoms with Gasteiger partial charge in [-0.3, -0.25) is 0 Å². The molecule has 164 valence electrons. The Morgan fingerprint density at radius 2 is 1.06 bits per heavy atom. The lowest BCUT2D eigenvalue weighted by Gasteiger charge is -2.23. The lowest BCUT2D eigenvalue weighted by Crippen LogP contribution is -2.00. The summed E-state index contributed by atoms with van der Waals surface area (Å²) in [5.41, 5.74) is 17.6. The Morgan fingerprint density at radius 3 is 1.74 bits per heavy atom. The summed E-state index contributed by atoms with van der Waals surface area (Å²) < 4.78 is 0. The molecule has 1 aliphatic rings. The first kappa shape index (κ1) is 20.7. The van der Waals surface area contributed by atoms with Crippen molar-refractivity contribution in [3.63, 3.8) is 0 Å². The van der Waals surface area contributed by atoms with Crippen molar-refractivity contribution in [2.75, 3.05) is 0 Å². The summed E-state index contributed by atoms with van der Waals surface area (Å²) >= 11 is 0. The Kier molecular flexibility index (Phi) is 4.96. The first-order chi connectivity index (χ1) is 16.6. The number of benzene rings is 5. The Labute approximate surface area is 202 Å². The smallest absolute Gasteiger partial charge is 0.000705 e. The van der Waals surface area contributed by atoms with Gasteiger partial charge in [0, 0.05) is 0 Å². The van der Waals surface area contributed by atoms with Gasteiger partial charge in [-0.25, -0.2) is 0 Å². The van der Waals surface area contributed by atoms with Crippen LogP contribution in [0.3, 0.4) is 0 Å². The molecule has 6 rings (SSSR count). The average Bonchev–Trinajstić information content (AvgIpc) is 3.23. The zero-order chi connectivity index (χ0) is 23.2. The zero-order valence-corrected chi connectivity index (χ0v) is 20.0. The van der Waals surface area contributed by atoms with Crippen LogP contribution < -0.4 is 0 Å². The summed E-state index contributed by atoms with van der Waals surface area (Å²) in [5, 5.41) is 0. The highest BCUT2D eigenvalue weighted by Crippen LogP contribution is 2.51. The fourth-order valence-electron chi connectivity index (χ4n) is 5.88. The second-order valence-corrected chi connectivity index (χ2v) is 9.54. The molecular weight excluding hydrogens is 408 g/mol. The number of aryl methyl sites for hydroxylation is 3. The average molecular weight is 437 g/mol. The van der Waals surface area contributed by atoms with Gasteiger partial charge < -0.3 is 0 Å². The summed E-state index contributed by atoms with van der Waals surface area (Å²) in [6.07, 6.45) is 0.975. The van der Waals surface area contributed by atoms with E-state index in [2.05, 4.69) is 124 Å². The Morgan fingerprint density at radius 1 is 0.471 bits per heavy atom. The van der Waals surface area contributed by atoms with Crippen molar-refractivity contribution in [1.29, 1.82) is 0 Å². The first-order valence-electron chi connectivity index (χ1n) is 12.1. The van der Waals surface area contributed by atoms with E-state index in [0.29, 0.717) is 0 Å². The largest absolute Gasteiger partial charge is 0.0622 e. The summed E-state index contributed by atoms with van der Waals surface area (Å²) in [6, 6.07) is 37.9. The van der Waals surface area contributed by atoms with Crippen molar-refractivity contribution in [2.24, 2.45) is 0 Å². The van der Waals surface area contributed by atoms with Crippen LogP contribution in [0.25, 0.3) is 44.5 Å². The quantitative estimate of drug-likeness (QED) is 0.259. The molecule has 0 unspecified atom stereocenters. The third-order valence-corrected chi connectivity index (χ3v) is 7.18. The molecule has 0 nitrogen and oxygen atoms in total. The minimum atomic E-state index is 0.975. The van der Waals surface area contributed by atoms with Crippen LogP contribution in [0.2, 0.25) is 0 Å². The van der Waals surface area contributed by atoms with Crippen LogP contribution in [0.1, 0.15) is 27.8 Å². The lowest BCUT2D eigenvalue weighted by atomic mass is 9.80. The maximum atomic E-state index is 2.45. The fraction of sp³-hybridized carbons (Fsp3) is 0.118. The molecule has 0 radical (unpaired) electrons. The molecule has 5 aromatic rings. The molecule has 0 heterocycles. The maximum Gasteiger partial charge on any atom is -0.000705 e. The molecule has 5 aromatic carbocycles. The standard InChI is InChI=1S/C34H28/c1-22-18-23(2)32(24(3)19-22)34-31-20-27-16-10-11-17-28(27)30(31)21-29(25-12-6-4-7-13-25)33(34)26-14-8-5-9-15-26/h4-19,21H,20H2,1-3H3. The molecule has 0 spiro atoms. The number of rotatable bonds is 3. The van der Waals surface area contributed by atoms with Crippen molar-refractivity contribution < 1.29 is 0 Å². The molecule has 0 aliphatic heterocycles. The molecule has 0 N–H and O–H groups in total. The summed E-state index contributed by atoms with van der Waals surface area (Å²) in [6.45, 7) is 6.74. The zero-order valence-electron chi connectivity index (χ0n) is 20.0. The van der Waals surface area contributed by atoms with Gasteiger partial charge in [-0.15, -0.1) is 0 Å². The van der Waals surface area contributed by atoms with Crippen LogP contribution >= 0.6 is 0 Å². The maximum absolute atomic E-state index is 2.45. The van der Waals surface area contributed by atoms with E-state index in [9.17, 15) is 0 Å². The summed E-state index contributed by atoms with van der Waals surface area (Å²) in [7, 11) is 0. The van der Waals surface area contributed by atoms with E-state index in [1.54, 1.807) is 0 Å². The van der Waals surface area contributed by atoms with Crippen molar-refractivity contribution >= 4 is 0 Å². The van der Waals surface area contributed by atoms with Gasteiger partial charge in [0.25, 0.3) is 0 Å². The number of hydrogen-bond acceptors (Lipinski definition) is 0. The third kappa shape index (κ3) is 3.30. The monoisotopic (exact) mass is 436 g/mol. The van der Waals surface area contributed by atoms with Gasteiger partial charge in [0.05, 0.1) is 0 Å². The van der Waals surface area contributed by atoms with Crippen molar-refractivity contribution in [3.05, 3.63) is 131 Å². The third-order valence-electron chi connectivity index (χ3n) is 7.18. The van der Waals surface area contributed by atoms with E-state index < -0.39 is 0 Å². The molecule has 0 aromatic heterocycles. The lowest BCUT2D eigenvalue weighted by molar-refractivity contribution is 1.25. The summed E-state index contributed by atoms with van der Waals surface area (Å²) in [4.78, 5) is 0. The second kappa shape index (κ2) is 8.15. The van der Waals surface area contributed by atoms with Gasteiger partial charge in [0.1, 0.15) is 0 Å². The van der Waals surface area contributed by atoms with Gasteiger partial charge in [0.15, 0.2) is 0 Å². The molecule has 34 heavy (non-hydrogen) atoms. The van der Waals surface area contributed by atoms with E-state index in [1.165, 1.54) is 72.3 Å². The van der Waals surface area contributed by atoms with Crippen LogP contribution in [0.15, 0.2) is 103 Å². The van der Waals surface area contributed by atoms with Gasteiger partial charge in [0.2, 0.25) is 0 Å². The predicted octanol–water partition coefficient (Wildman–Crippen LogP) is 9.18. The van der Waals surface area contributed by atoms with Gasteiger partial charge in [-0.05, 0) is 100 Å². The van der Waals surface area contributed by atoms with E-state index in [4.69, 9.17) is 0 Å². The minimum Gasteiger partial charge on any atom is -0.0622 e. The first-order valence-corrected chi connectivity index (χ1v) is 12.1. The van der Waals surface area contributed by atoms with Gasteiger partial charge in [-0.2, -0.15) is 0 Å². The predicted molar refractivity (Wildman–Crippen MR) is 145 cm³/mol. The van der Waals surface area contributed by atoms with Crippen molar-refractivity contribution in [2.45, 2.75) is 27.2 Å². The van der Waals surface area contributed by atoms with Crippen molar-refractivity contribution in [1.82, 2.24) is 0 Å². The van der Waals surface area contributed by atoms with E-state index in [-0.39, 0.29) is 0 Å². The Hall–Kier alpha value is -3.90. The topological polar surface area (TPSA) is 0 Å². The van der Waals surface area contributed by atoms with Gasteiger partial charge in [-0.1, -0.05) is 103 Å².